The van der Waals surface area contributed by atoms with Gasteiger partial charge in [-0.3, -0.25) is 9.69 Å². The molecule has 0 unspecified atom stereocenters. The van der Waals surface area contributed by atoms with Crippen molar-refractivity contribution in [2.45, 2.75) is 13.5 Å². The molecular formula is C12H17N5O. The smallest absolute Gasteiger partial charge is 0.293 e. The molecule has 96 valence electrons. The molecule has 2 rings (SSSR count). The molecule has 0 amide bonds. The fourth-order valence-corrected chi connectivity index (χ4v) is 2.12. The van der Waals surface area contributed by atoms with E-state index in [1.807, 2.05) is 11.8 Å². The summed E-state index contributed by atoms with van der Waals surface area (Å²) in [7, 11) is 0. The van der Waals surface area contributed by atoms with Crippen LogP contribution in [-0.4, -0.2) is 47.2 Å². The average Bonchev–Trinajstić information content (AvgIpc) is 2.41. The van der Waals surface area contributed by atoms with Crippen LogP contribution in [0.4, 0.5) is 5.82 Å². The van der Waals surface area contributed by atoms with E-state index in [0.717, 1.165) is 26.2 Å². The van der Waals surface area contributed by atoms with Crippen molar-refractivity contribution < 1.29 is 0 Å². The molecule has 0 saturated carbocycles. The number of aromatic nitrogens is 2. The quantitative estimate of drug-likeness (QED) is 0.698. The minimum absolute atomic E-state index is 0.0336. The van der Waals surface area contributed by atoms with Gasteiger partial charge in [-0.25, -0.2) is 4.98 Å². The van der Waals surface area contributed by atoms with Crippen LogP contribution < -0.4 is 10.5 Å². The molecular weight excluding hydrogens is 230 g/mol. The van der Waals surface area contributed by atoms with Crippen LogP contribution in [-0.2, 0) is 6.54 Å². The number of hydrogen-bond donors (Lipinski definition) is 0. The van der Waals surface area contributed by atoms with Crippen molar-refractivity contribution in [1.29, 1.82) is 5.26 Å². The molecule has 1 aromatic rings. The lowest BCUT2D eigenvalue weighted by atomic mass is 10.3. The monoisotopic (exact) mass is 247 g/mol. The van der Waals surface area contributed by atoms with Gasteiger partial charge in [0, 0.05) is 45.1 Å². The number of hydrogen-bond acceptors (Lipinski definition) is 5. The van der Waals surface area contributed by atoms with Crippen LogP contribution in [0.2, 0.25) is 0 Å². The van der Waals surface area contributed by atoms with E-state index in [2.05, 4.69) is 16.0 Å². The summed E-state index contributed by atoms with van der Waals surface area (Å²) in [6, 6.07) is 2.15. The van der Waals surface area contributed by atoms with E-state index in [0.29, 0.717) is 18.9 Å². The molecule has 2 heterocycles. The SMILES string of the molecule is CCn1ccnc(N2CCN(CC#N)CC2)c1=O. The minimum Gasteiger partial charge on any atom is -0.349 e. The van der Waals surface area contributed by atoms with Gasteiger partial charge in [-0.15, -0.1) is 0 Å². The minimum atomic E-state index is -0.0336. The molecule has 1 aliphatic heterocycles. The van der Waals surface area contributed by atoms with Gasteiger partial charge in [-0.05, 0) is 6.92 Å². The molecule has 1 fully saturated rings. The second-order valence-corrected chi connectivity index (χ2v) is 4.26. The van der Waals surface area contributed by atoms with Crippen LogP contribution in [0.1, 0.15) is 6.92 Å². The Morgan fingerprint density at radius 1 is 1.39 bits per heavy atom. The Morgan fingerprint density at radius 2 is 2.11 bits per heavy atom. The van der Waals surface area contributed by atoms with Crippen molar-refractivity contribution >= 4 is 5.82 Å². The highest BCUT2D eigenvalue weighted by Gasteiger charge is 2.20. The van der Waals surface area contributed by atoms with E-state index < -0.39 is 0 Å². The van der Waals surface area contributed by atoms with Gasteiger partial charge in [-0.2, -0.15) is 5.26 Å². The Balaban J connectivity index is 2.11. The summed E-state index contributed by atoms with van der Waals surface area (Å²) in [6.07, 6.45) is 3.37. The second-order valence-electron chi connectivity index (χ2n) is 4.26. The average molecular weight is 247 g/mol. The molecule has 0 aliphatic carbocycles. The molecule has 0 N–H and O–H groups in total. The van der Waals surface area contributed by atoms with E-state index in [4.69, 9.17) is 5.26 Å². The van der Waals surface area contributed by atoms with Gasteiger partial charge in [0.1, 0.15) is 0 Å². The van der Waals surface area contributed by atoms with Crippen molar-refractivity contribution in [3.63, 3.8) is 0 Å². The fraction of sp³-hybridized carbons (Fsp3) is 0.583. The van der Waals surface area contributed by atoms with E-state index in [1.165, 1.54) is 0 Å². The maximum Gasteiger partial charge on any atom is 0.293 e. The summed E-state index contributed by atoms with van der Waals surface area (Å²) >= 11 is 0. The Labute approximate surface area is 106 Å². The molecule has 0 atom stereocenters. The van der Waals surface area contributed by atoms with Gasteiger partial charge in [0.2, 0.25) is 0 Å². The molecule has 6 heteroatoms. The van der Waals surface area contributed by atoms with E-state index in [9.17, 15) is 4.79 Å². The van der Waals surface area contributed by atoms with Gasteiger partial charge >= 0.3 is 0 Å². The lowest BCUT2D eigenvalue weighted by molar-refractivity contribution is 0.286. The maximum absolute atomic E-state index is 12.1. The lowest BCUT2D eigenvalue weighted by Gasteiger charge is -2.33. The predicted octanol–water partition coefficient (Wildman–Crippen LogP) is -0.0912. The van der Waals surface area contributed by atoms with Gasteiger partial charge in [-0.1, -0.05) is 0 Å². The molecule has 18 heavy (non-hydrogen) atoms. The van der Waals surface area contributed by atoms with E-state index >= 15 is 0 Å². The molecule has 0 bridgehead atoms. The zero-order valence-electron chi connectivity index (χ0n) is 10.5. The zero-order chi connectivity index (χ0) is 13.0. The third-order valence-electron chi connectivity index (χ3n) is 3.20. The molecule has 0 radical (unpaired) electrons. The van der Waals surface area contributed by atoms with Crippen molar-refractivity contribution in [3.8, 4) is 6.07 Å². The summed E-state index contributed by atoms with van der Waals surface area (Å²) in [6.45, 7) is 6.15. The van der Waals surface area contributed by atoms with Crippen LogP contribution in [0.5, 0.6) is 0 Å². The molecule has 1 aromatic heterocycles. The Kier molecular flexibility index (Phi) is 3.95. The number of anilines is 1. The van der Waals surface area contributed by atoms with Crippen LogP contribution >= 0.6 is 0 Å². The summed E-state index contributed by atoms with van der Waals surface area (Å²) in [5.41, 5.74) is -0.0336. The number of rotatable bonds is 3. The van der Waals surface area contributed by atoms with E-state index in [1.54, 1.807) is 17.0 Å². The maximum atomic E-state index is 12.1. The largest absolute Gasteiger partial charge is 0.349 e. The van der Waals surface area contributed by atoms with Gasteiger partial charge in [0.15, 0.2) is 5.82 Å². The molecule has 1 aliphatic rings. The number of aryl methyl sites for hydroxylation is 1. The number of nitrogens with zero attached hydrogens (tertiary/aromatic N) is 5. The molecule has 6 nitrogen and oxygen atoms in total. The topological polar surface area (TPSA) is 65.2 Å². The zero-order valence-corrected chi connectivity index (χ0v) is 10.5. The van der Waals surface area contributed by atoms with Crippen molar-refractivity contribution in [3.05, 3.63) is 22.7 Å². The Hall–Kier alpha value is -1.87. The van der Waals surface area contributed by atoms with Crippen LogP contribution in [0.15, 0.2) is 17.2 Å². The van der Waals surface area contributed by atoms with Crippen LogP contribution in [0, 0.1) is 11.3 Å². The highest BCUT2D eigenvalue weighted by Crippen LogP contribution is 2.08. The molecule has 1 saturated heterocycles. The number of piperazine rings is 1. The highest BCUT2D eigenvalue weighted by atomic mass is 16.1. The van der Waals surface area contributed by atoms with Crippen LogP contribution in [0.25, 0.3) is 0 Å². The predicted molar refractivity (Wildman–Crippen MR) is 68.4 cm³/mol. The first-order chi connectivity index (χ1) is 8.76. The summed E-state index contributed by atoms with van der Waals surface area (Å²) < 4.78 is 1.66. The first kappa shape index (κ1) is 12.6. The van der Waals surface area contributed by atoms with Gasteiger partial charge in [0.25, 0.3) is 5.56 Å². The van der Waals surface area contributed by atoms with Crippen molar-refractivity contribution in [2.24, 2.45) is 0 Å². The number of nitriles is 1. The summed E-state index contributed by atoms with van der Waals surface area (Å²) in [5.74, 6) is 0.524. The Morgan fingerprint density at radius 3 is 2.72 bits per heavy atom. The van der Waals surface area contributed by atoms with Crippen molar-refractivity contribution in [2.75, 3.05) is 37.6 Å². The first-order valence-corrected chi connectivity index (χ1v) is 6.16. The van der Waals surface area contributed by atoms with Gasteiger partial charge < -0.3 is 9.47 Å². The highest BCUT2D eigenvalue weighted by molar-refractivity contribution is 5.36. The molecule has 0 spiro atoms. The summed E-state index contributed by atoms with van der Waals surface area (Å²) in [4.78, 5) is 20.4. The van der Waals surface area contributed by atoms with Crippen molar-refractivity contribution in [1.82, 2.24) is 14.5 Å². The third-order valence-corrected chi connectivity index (χ3v) is 3.20. The van der Waals surface area contributed by atoms with E-state index in [-0.39, 0.29) is 5.56 Å². The third kappa shape index (κ3) is 2.51. The van der Waals surface area contributed by atoms with Crippen LogP contribution in [0.3, 0.4) is 0 Å². The summed E-state index contributed by atoms with van der Waals surface area (Å²) in [5, 5.41) is 8.64. The first-order valence-electron chi connectivity index (χ1n) is 6.16. The fourth-order valence-electron chi connectivity index (χ4n) is 2.12. The lowest BCUT2D eigenvalue weighted by Crippen LogP contribution is -2.48. The Bertz CT molecular complexity index is 496. The standard InChI is InChI=1S/C12H17N5O/c1-2-16-6-4-14-11(12(16)18)17-9-7-15(5-3-13)8-10-17/h4,6H,2,5,7-10H2,1H3. The second kappa shape index (κ2) is 5.65. The van der Waals surface area contributed by atoms with Gasteiger partial charge in [0.05, 0.1) is 12.6 Å². The molecule has 0 aromatic carbocycles. The normalized spacial score (nSPS) is 16.6.